The first-order chi connectivity index (χ1) is 12.7. The third-order valence-corrected chi connectivity index (χ3v) is 5.40. The molecule has 1 aromatic heterocycles. The molecule has 26 heavy (non-hydrogen) atoms. The van der Waals surface area contributed by atoms with Crippen LogP contribution in [0.2, 0.25) is 0 Å². The van der Waals surface area contributed by atoms with Crippen molar-refractivity contribution < 1.29 is 4.74 Å². The number of thiazole rings is 1. The molecule has 0 bridgehead atoms. The van der Waals surface area contributed by atoms with Gasteiger partial charge in [0.2, 0.25) is 0 Å². The van der Waals surface area contributed by atoms with E-state index in [0.29, 0.717) is 0 Å². The van der Waals surface area contributed by atoms with E-state index in [1.165, 1.54) is 15.8 Å². The second kappa shape index (κ2) is 7.18. The molecule has 0 aliphatic carbocycles. The minimum absolute atomic E-state index is 0.782. The van der Waals surface area contributed by atoms with Crippen LogP contribution in [0.3, 0.4) is 0 Å². The molecule has 0 aliphatic rings. The Hall–Kier alpha value is -2.85. The van der Waals surface area contributed by atoms with Gasteiger partial charge in [-0.2, -0.15) is 0 Å². The van der Waals surface area contributed by atoms with E-state index in [1.807, 2.05) is 12.1 Å². The fourth-order valence-electron chi connectivity index (χ4n) is 2.83. The summed E-state index contributed by atoms with van der Waals surface area (Å²) in [6, 6.07) is 23.0. The van der Waals surface area contributed by atoms with Crippen LogP contribution >= 0.6 is 11.3 Å². The Morgan fingerprint density at radius 2 is 1.73 bits per heavy atom. The highest BCUT2D eigenvalue weighted by Crippen LogP contribution is 2.31. The number of nitrogens with one attached hydrogen (secondary N) is 1. The predicted molar refractivity (Wildman–Crippen MR) is 110 cm³/mol. The second-order valence-electron chi connectivity index (χ2n) is 6.27. The summed E-state index contributed by atoms with van der Waals surface area (Å²) in [5.41, 5.74) is 5.81. The van der Waals surface area contributed by atoms with Crippen molar-refractivity contribution in [2.45, 2.75) is 13.5 Å². The molecule has 1 heterocycles. The molecule has 4 heteroatoms. The number of anilines is 1. The summed E-state index contributed by atoms with van der Waals surface area (Å²) in [5.74, 6) is 0.879. The molecule has 0 amide bonds. The number of hydrogen-bond donors (Lipinski definition) is 1. The van der Waals surface area contributed by atoms with Gasteiger partial charge in [-0.05, 0) is 66.6 Å². The number of nitrogens with zero attached hydrogens (tertiary/aromatic N) is 1. The average molecular weight is 360 g/mol. The van der Waals surface area contributed by atoms with Crippen molar-refractivity contribution in [3.05, 3.63) is 77.9 Å². The van der Waals surface area contributed by atoms with E-state index < -0.39 is 0 Å². The molecule has 3 aromatic carbocycles. The van der Waals surface area contributed by atoms with Crippen LogP contribution in [0.15, 0.2) is 66.7 Å². The molecule has 0 fully saturated rings. The highest BCUT2D eigenvalue weighted by molar-refractivity contribution is 7.21. The number of methoxy groups -OCH3 is 1. The maximum absolute atomic E-state index is 5.19. The molecule has 0 spiro atoms. The normalized spacial score (nSPS) is 10.8. The van der Waals surface area contributed by atoms with Crippen LogP contribution in [0.5, 0.6) is 5.75 Å². The summed E-state index contributed by atoms with van der Waals surface area (Å²) >= 11 is 1.74. The Balaban J connectivity index is 1.46. The van der Waals surface area contributed by atoms with Crippen LogP contribution in [0.25, 0.3) is 20.8 Å². The smallest absolute Gasteiger partial charge is 0.124 e. The van der Waals surface area contributed by atoms with Gasteiger partial charge in [-0.3, -0.25) is 0 Å². The highest BCUT2D eigenvalue weighted by Gasteiger charge is 2.06. The first-order valence-electron chi connectivity index (χ1n) is 8.56. The fraction of sp³-hybridized carbons (Fsp3) is 0.136. The van der Waals surface area contributed by atoms with Crippen molar-refractivity contribution in [1.82, 2.24) is 4.98 Å². The summed E-state index contributed by atoms with van der Waals surface area (Å²) in [6.45, 7) is 2.89. The van der Waals surface area contributed by atoms with E-state index in [4.69, 9.17) is 9.72 Å². The Kier molecular flexibility index (Phi) is 4.59. The molecular weight excluding hydrogens is 340 g/mol. The molecule has 4 rings (SSSR count). The molecular formula is C22H20N2OS. The van der Waals surface area contributed by atoms with Gasteiger partial charge in [0.1, 0.15) is 10.8 Å². The molecule has 130 valence electrons. The molecule has 0 unspecified atom stereocenters. The van der Waals surface area contributed by atoms with Crippen LogP contribution in [0, 0.1) is 6.92 Å². The van der Waals surface area contributed by atoms with Gasteiger partial charge in [-0.1, -0.05) is 18.2 Å². The van der Waals surface area contributed by atoms with Gasteiger partial charge in [-0.25, -0.2) is 4.98 Å². The van der Waals surface area contributed by atoms with E-state index in [0.717, 1.165) is 34.1 Å². The number of aryl methyl sites for hydroxylation is 1. The van der Waals surface area contributed by atoms with E-state index in [-0.39, 0.29) is 0 Å². The summed E-state index contributed by atoms with van der Waals surface area (Å²) in [6.07, 6.45) is 0. The topological polar surface area (TPSA) is 34.1 Å². The minimum Gasteiger partial charge on any atom is -0.497 e. The molecule has 0 aliphatic heterocycles. The van der Waals surface area contributed by atoms with Crippen LogP contribution in [0.1, 0.15) is 11.1 Å². The average Bonchev–Trinajstić information content (AvgIpc) is 3.10. The number of aromatic nitrogens is 1. The maximum atomic E-state index is 5.19. The summed E-state index contributed by atoms with van der Waals surface area (Å²) in [4.78, 5) is 4.75. The first-order valence-corrected chi connectivity index (χ1v) is 9.37. The van der Waals surface area contributed by atoms with Crippen molar-refractivity contribution in [3.8, 4) is 16.3 Å². The van der Waals surface area contributed by atoms with Crippen LogP contribution in [0.4, 0.5) is 5.69 Å². The van der Waals surface area contributed by atoms with Crippen molar-refractivity contribution in [1.29, 1.82) is 0 Å². The number of rotatable bonds is 5. The number of ether oxygens (including phenoxy) is 1. The van der Waals surface area contributed by atoms with Gasteiger partial charge >= 0.3 is 0 Å². The first kappa shape index (κ1) is 16.6. The Bertz CT molecular complexity index is 1020. The Morgan fingerprint density at radius 3 is 2.46 bits per heavy atom. The van der Waals surface area contributed by atoms with Crippen molar-refractivity contribution in [2.24, 2.45) is 0 Å². The largest absolute Gasteiger partial charge is 0.497 e. The van der Waals surface area contributed by atoms with Crippen molar-refractivity contribution in [2.75, 3.05) is 12.4 Å². The molecule has 1 N–H and O–H groups in total. The second-order valence-corrected chi connectivity index (χ2v) is 7.30. The summed E-state index contributed by atoms with van der Waals surface area (Å²) < 4.78 is 6.43. The van der Waals surface area contributed by atoms with E-state index in [2.05, 4.69) is 66.8 Å². The van der Waals surface area contributed by atoms with Crippen LogP contribution in [-0.4, -0.2) is 12.1 Å². The standard InChI is InChI=1S/C22H20N2OS/c1-15-3-12-20-21(13-15)26-22(24-20)17-6-8-18(9-7-17)23-14-16-4-10-19(25-2)11-5-16/h3-13,23H,14H2,1-2H3. The summed E-state index contributed by atoms with van der Waals surface area (Å²) in [5, 5.41) is 4.52. The lowest BCUT2D eigenvalue weighted by Gasteiger charge is -2.08. The van der Waals surface area contributed by atoms with Gasteiger partial charge in [0.25, 0.3) is 0 Å². The lowest BCUT2D eigenvalue weighted by molar-refractivity contribution is 0.414. The zero-order chi connectivity index (χ0) is 17.9. The lowest BCUT2D eigenvalue weighted by Crippen LogP contribution is -1.99. The molecule has 3 nitrogen and oxygen atoms in total. The molecule has 0 saturated heterocycles. The number of hydrogen-bond acceptors (Lipinski definition) is 4. The third kappa shape index (κ3) is 3.55. The van der Waals surface area contributed by atoms with Crippen LogP contribution in [-0.2, 0) is 6.54 Å². The van der Waals surface area contributed by atoms with Gasteiger partial charge in [-0.15, -0.1) is 11.3 Å². The monoisotopic (exact) mass is 360 g/mol. The van der Waals surface area contributed by atoms with E-state index in [1.54, 1.807) is 18.4 Å². The van der Waals surface area contributed by atoms with Gasteiger partial charge in [0.15, 0.2) is 0 Å². The number of benzene rings is 3. The molecule has 0 saturated carbocycles. The quantitative estimate of drug-likeness (QED) is 0.482. The number of fused-ring (bicyclic) bond motifs is 1. The highest BCUT2D eigenvalue weighted by atomic mass is 32.1. The van der Waals surface area contributed by atoms with E-state index in [9.17, 15) is 0 Å². The van der Waals surface area contributed by atoms with E-state index >= 15 is 0 Å². The maximum Gasteiger partial charge on any atom is 0.124 e. The van der Waals surface area contributed by atoms with Crippen molar-refractivity contribution >= 4 is 27.2 Å². The Labute approximate surface area is 157 Å². The third-order valence-electron chi connectivity index (χ3n) is 4.33. The molecule has 0 radical (unpaired) electrons. The summed E-state index contributed by atoms with van der Waals surface area (Å²) in [7, 11) is 1.68. The zero-order valence-electron chi connectivity index (χ0n) is 14.8. The SMILES string of the molecule is COc1ccc(CNc2ccc(-c3nc4ccc(C)cc4s3)cc2)cc1. The fourth-order valence-corrected chi connectivity index (χ4v) is 3.90. The predicted octanol–water partition coefficient (Wildman–Crippen LogP) is 5.89. The molecule has 4 aromatic rings. The lowest BCUT2D eigenvalue weighted by atomic mass is 10.2. The van der Waals surface area contributed by atoms with Crippen LogP contribution < -0.4 is 10.1 Å². The Morgan fingerprint density at radius 1 is 0.962 bits per heavy atom. The van der Waals surface area contributed by atoms with Gasteiger partial charge < -0.3 is 10.1 Å². The zero-order valence-corrected chi connectivity index (χ0v) is 15.6. The van der Waals surface area contributed by atoms with Gasteiger partial charge in [0.05, 0.1) is 17.3 Å². The minimum atomic E-state index is 0.782. The van der Waals surface area contributed by atoms with Gasteiger partial charge in [0, 0.05) is 17.8 Å². The van der Waals surface area contributed by atoms with Crippen molar-refractivity contribution in [3.63, 3.8) is 0 Å². The molecule has 0 atom stereocenters.